The normalized spacial score (nSPS) is 11.4. The van der Waals surface area contributed by atoms with Gasteiger partial charge in [0.05, 0.1) is 22.3 Å². The summed E-state index contributed by atoms with van der Waals surface area (Å²) in [5.74, 6) is -5.69. The maximum absolute atomic E-state index is 11.0. The van der Waals surface area contributed by atoms with Crippen molar-refractivity contribution in [2.75, 3.05) is 0 Å². The van der Waals surface area contributed by atoms with Gasteiger partial charge in [-0.15, -0.1) is 0 Å². The lowest BCUT2D eigenvalue weighted by molar-refractivity contribution is -0.138. The van der Waals surface area contributed by atoms with Gasteiger partial charge in [-0.3, -0.25) is 9.59 Å². The quantitative estimate of drug-likeness (QED) is 0.163. The van der Waals surface area contributed by atoms with Crippen molar-refractivity contribution < 1.29 is 59.4 Å². The van der Waals surface area contributed by atoms with Gasteiger partial charge in [0, 0.05) is 12.8 Å². The summed E-state index contributed by atoms with van der Waals surface area (Å²) in [6, 6.07) is 7.99. The van der Waals surface area contributed by atoms with Crippen LogP contribution in [0.25, 0.3) is 0 Å². The average molecular weight is 589 g/mol. The SMILES string of the molecule is O=C(O)CCCCCCCCC(=O)O.O=C(O)c1ccc(C(=O)O)c2c1CCCC2.O=C(O)c1cccc(C(=O)O)c1. The molecule has 0 aliphatic heterocycles. The summed E-state index contributed by atoms with van der Waals surface area (Å²) in [4.78, 5) is 63.1. The maximum atomic E-state index is 11.0. The fourth-order valence-electron chi connectivity index (χ4n) is 4.31. The van der Waals surface area contributed by atoms with E-state index in [1.54, 1.807) is 0 Å². The Balaban J connectivity index is 0.000000319. The Morgan fingerprint density at radius 2 is 0.857 bits per heavy atom. The van der Waals surface area contributed by atoms with Gasteiger partial charge in [0.15, 0.2) is 0 Å². The van der Waals surface area contributed by atoms with Crippen molar-refractivity contribution in [2.24, 2.45) is 0 Å². The van der Waals surface area contributed by atoms with Crippen LogP contribution in [0.4, 0.5) is 0 Å². The van der Waals surface area contributed by atoms with Crippen LogP contribution in [0.2, 0.25) is 0 Å². The first-order valence-corrected chi connectivity index (χ1v) is 13.5. The monoisotopic (exact) mass is 588 g/mol. The smallest absolute Gasteiger partial charge is 0.335 e. The van der Waals surface area contributed by atoms with E-state index in [-0.39, 0.29) is 35.1 Å². The standard InChI is InChI=1S/C12H12O4.C10H18O4.C8H6O4/c13-11(14)9-5-6-10(12(15)16)8-4-2-1-3-7(8)9;11-9(12)7-5-3-1-2-4-6-8-10(13)14;9-7(10)5-2-1-3-6(4-5)8(11)12/h5-6H,1-4H2,(H,13,14)(H,15,16);1-8H2,(H,11,12)(H,13,14);1-4H,(H,9,10)(H,11,12). The molecule has 2 aromatic rings. The zero-order valence-electron chi connectivity index (χ0n) is 23.1. The van der Waals surface area contributed by atoms with Crippen molar-refractivity contribution in [1.82, 2.24) is 0 Å². The summed E-state index contributed by atoms with van der Waals surface area (Å²) in [5, 5.41) is 51.7. The number of aliphatic carboxylic acids is 2. The second kappa shape index (κ2) is 18.6. The summed E-state index contributed by atoms with van der Waals surface area (Å²) in [6.07, 6.45) is 9.01. The molecule has 0 saturated heterocycles. The molecule has 0 saturated carbocycles. The molecule has 1 aliphatic rings. The fraction of sp³-hybridized carbons (Fsp3) is 0.400. The van der Waals surface area contributed by atoms with E-state index in [1.165, 1.54) is 30.3 Å². The lowest BCUT2D eigenvalue weighted by atomic mass is 9.85. The van der Waals surface area contributed by atoms with Gasteiger partial charge < -0.3 is 30.6 Å². The second-order valence-corrected chi connectivity index (χ2v) is 9.54. The van der Waals surface area contributed by atoms with Crippen LogP contribution in [0.1, 0.15) is 117 Å². The minimum Gasteiger partial charge on any atom is -0.481 e. The van der Waals surface area contributed by atoms with Crippen molar-refractivity contribution in [2.45, 2.75) is 77.0 Å². The number of fused-ring (bicyclic) bond motifs is 1. The van der Waals surface area contributed by atoms with E-state index in [2.05, 4.69) is 0 Å². The van der Waals surface area contributed by atoms with Crippen LogP contribution in [0.3, 0.4) is 0 Å². The molecule has 12 nitrogen and oxygen atoms in total. The number of carbonyl (C=O) groups is 6. The average Bonchev–Trinajstić information content (AvgIpc) is 2.94. The first-order valence-electron chi connectivity index (χ1n) is 13.5. The Labute approximate surface area is 242 Å². The molecule has 1 aliphatic carbocycles. The number of hydrogen-bond acceptors (Lipinski definition) is 6. The predicted octanol–water partition coefficient (Wildman–Crippen LogP) is 5.32. The van der Waals surface area contributed by atoms with Crippen molar-refractivity contribution >= 4 is 35.8 Å². The van der Waals surface area contributed by atoms with E-state index in [0.29, 0.717) is 24.0 Å². The summed E-state index contributed by atoms with van der Waals surface area (Å²) in [6.45, 7) is 0. The van der Waals surface area contributed by atoms with Gasteiger partial charge in [-0.2, -0.15) is 0 Å². The Bertz CT molecular complexity index is 1170. The molecule has 0 fully saturated rings. The van der Waals surface area contributed by atoms with Gasteiger partial charge >= 0.3 is 35.8 Å². The number of unbranched alkanes of at least 4 members (excludes halogenated alkanes) is 5. The molecule has 6 N–H and O–H groups in total. The predicted molar refractivity (Wildman–Crippen MR) is 150 cm³/mol. The van der Waals surface area contributed by atoms with Crippen LogP contribution in [0.5, 0.6) is 0 Å². The van der Waals surface area contributed by atoms with Gasteiger partial charge in [0.25, 0.3) is 0 Å². The molecule has 228 valence electrons. The summed E-state index contributed by atoms with van der Waals surface area (Å²) in [7, 11) is 0. The molecule has 3 rings (SSSR count). The highest BCUT2D eigenvalue weighted by molar-refractivity contribution is 5.95. The molecule has 0 unspecified atom stereocenters. The number of aromatic carboxylic acids is 4. The Kier molecular flexibility index (Phi) is 15.6. The molecule has 0 amide bonds. The minimum atomic E-state index is -1.13. The number of hydrogen-bond donors (Lipinski definition) is 6. The zero-order chi connectivity index (χ0) is 31.7. The van der Waals surface area contributed by atoms with Gasteiger partial charge in [0.1, 0.15) is 0 Å². The fourth-order valence-corrected chi connectivity index (χ4v) is 4.31. The summed E-state index contributed by atoms with van der Waals surface area (Å²) in [5.41, 5.74) is 1.88. The van der Waals surface area contributed by atoms with Crippen molar-refractivity contribution in [3.05, 3.63) is 69.8 Å². The summed E-state index contributed by atoms with van der Waals surface area (Å²) >= 11 is 0. The molecule has 0 atom stereocenters. The Morgan fingerprint density at radius 3 is 1.17 bits per heavy atom. The van der Waals surface area contributed by atoms with Crippen LogP contribution in [-0.2, 0) is 22.4 Å². The number of carboxylic acids is 6. The van der Waals surface area contributed by atoms with Crippen molar-refractivity contribution in [3.8, 4) is 0 Å². The van der Waals surface area contributed by atoms with Crippen LogP contribution < -0.4 is 0 Å². The van der Waals surface area contributed by atoms with Gasteiger partial charge in [-0.05, 0) is 80.0 Å². The number of carboxylic acid groups (broad SMARTS) is 6. The van der Waals surface area contributed by atoms with Crippen LogP contribution in [0.15, 0.2) is 36.4 Å². The first kappa shape index (κ1) is 35.3. The second-order valence-electron chi connectivity index (χ2n) is 9.54. The number of rotatable bonds is 13. The highest BCUT2D eigenvalue weighted by Crippen LogP contribution is 2.28. The molecular weight excluding hydrogens is 552 g/mol. The third-order valence-electron chi connectivity index (χ3n) is 6.38. The molecule has 2 aromatic carbocycles. The molecule has 42 heavy (non-hydrogen) atoms. The zero-order valence-corrected chi connectivity index (χ0v) is 23.1. The third-order valence-corrected chi connectivity index (χ3v) is 6.38. The minimum absolute atomic E-state index is 0.0186. The molecule has 12 heteroatoms. The number of benzene rings is 2. The van der Waals surface area contributed by atoms with E-state index < -0.39 is 35.8 Å². The Morgan fingerprint density at radius 1 is 0.500 bits per heavy atom. The van der Waals surface area contributed by atoms with Crippen LogP contribution in [-0.4, -0.2) is 66.5 Å². The largest absolute Gasteiger partial charge is 0.481 e. The molecule has 0 radical (unpaired) electrons. The topological polar surface area (TPSA) is 224 Å². The molecule has 0 bridgehead atoms. The molecule has 0 spiro atoms. The Hall–Kier alpha value is -4.74. The van der Waals surface area contributed by atoms with Gasteiger partial charge in [0.2, 0.25) is 0 Å². The van der Waals surface area contributed by atoms with E-state index in [1.807, 2.05) is 0 Å². The first-order chi connectivity index (χ1) is 19.8. The lowest BCUT2D eigenvalue weighted by Gasteiger charge is -2.19. The van der Waals surface area contributed by atoms with Gasteiger partial charge in [-0.25, -0.2) is 19.2 Å². The maximum Gasteiger partial charge on any atom is 0.335 e. The summed E-state index contributed by atoms with van der Waals surface area (Å²) < 4.78 is 0. The lowest BCUT2D eigenvalue weighted by Crippen LogP contribution is -2.15. The highest BCUT2D eigenvalue weighted by Gasteiger charge is 2.22. The van der Waals surface area contributed by atoms with Crippen molar-refractivity contribution in [1.29, 1.82) is 0 Å². The van der Waals surface area contributed by atoms with E-state index in [9.17, 15) is 28.8 Å². The van der Waals surface area contributed by atoms with E-state index in [4.69, 9.17) is 30.6 Å². The van der Waals surface area contributed by atoms with E-state index >= 15 is 0 Å². The van der Waals surface area contributed by atoms with Crippen LogP contribution in [0, 0.1) is 0 Å². The molecule has 0 heterocycles. The highest BCUT2D eigenvalue weighted by atomic mass is 16.4. The van der Waals surface area contributed by atoms with Gasteiger partial charge in [-0.1, -0.05) is 31.7 Å². The van der Waals surface area contributed by atoms with Crippen molar-refractivity contribution in [3.63, 3.8) is 0 Å². The molecule has 0 aromatic heterocycles. The molecular formula is C30H36O12. The third kappa shape index (κ3) is 13.1. The van der Waals surface area contributed by atoms with E-state index in [0.717, 1.165) is 57.4 Å². The van der Waals surface area contributed by atoms with Crippen LogP contribution >= 0.6 is 0 Å².